The minimum absolute atomic E-state index is 0.0929. The summed E-state index contributed by atoms with van der Waals surface area (Å²) < 4.78 is 37.8. The largest absolute Gasteiger partial charge is 0.391 e. The molecule has 1 fully saturated rings. The molecule has 5 heteroatoms. The van der Waals surface area contributed by atoms with Gasteiger partial charge in [0.1, 0.15) is 0 Å². The highest BCUT2D eigenvalue weighted by molar-refractivity contribution is 5.85. The molecular formula is C14H16F3NO. The Kier molecular flexibility index (Phi) is 3.83. The van der Waals surface area contributed by atoms with E-state index in [4.69, 9.17) is 0 Å². The van der Waals surface area contributed by atoms with Gasteiger partial charge in [-0.3, -0.25) is 4.79 Å². The number of carbonyl (C=O) groups excluding carboxylic acids is 1. The molecule has 0 N–H and O–H groups in total. The van der Waals surface area contributed by atoms with E-state index >= 15 is 0 Å². The molecule has 0 spiro atoms. The molecule has 0 atom stereocenters. The van der Waals surface area contributed by atoms with Crippen molar-refractivity contribution < 1.29 is 18.0 Å². The highest BCUT2D eigenvalue weighted by Gasteiger charge is 2.41. The third kappa shape index (κ3) is 3.08. The average molecular weight is 271 g/mol. The van der Waals surface area contributed by atoms with Crippen molar-refractivity contribution in [1.82, 2.24) is 0 Å². The Morgan fingerprint density at radius 1 is 1.26 bits per heavy atom. The predicted molar refractivity (Wildman–Crippen MR) is 67.6 cm³/mol. The molecular weight excluding hydrogens is 255 g/mol. The van der Waals surface area contributed by atoms with E-state index in [2.05, 4.69) is 0 Å². The molecule has 1 aromatic rings. The molecule has 0 amide bonds. The summed E-state index contributed by atoms with van der Waals surface area (Å²) >= 11 is 0. The van der Waals surface area contributed by atoms with Crippen LogP contribution in [0.15, 0.2) is 18.2 Å². The highest BCUT2D eigenvalue weighted by Crippen LogP contribution is 2.35. The molecule has 0 aromatic heterocycles. The van der Waals surface area contributed by atoms with E-state index in [1.165, 1.54) is 0 Å². The standard InChI is InChI=1S/C14H16F3NO/c1-10-2-3-13(11(8-10)9-19)18-6-4-12(5-7-18)14(15,16)17/h2-3,8-9,12H,4-7H2,1H3. The first-order valence-corrected chi connectivity index (χ1v) is 6.29. The number of alkyl halides is 3. The van der Waals surface area contributed by atoms with Crippen LogP contribution in [0.1, 0.15) is 28.8 Å². The van der Waals surface area contributed by atoms with Crippen LogP contribution in [0.5, 0.6) is 0 Å². The summed E-state index contributed by atoms with van der Waals surface area (Å²) in [6.07, 6.45) is -3.16. The van der Waals surface area contributed by atoms with Gasteiger partial charge in [0, 0.05) is 24.3 Å². The van der Waals surface area contributed by atoms with E-state index in [9.17, 15) is 18.0 Å². The lowest BCUT2D eigenvalue weighted by Crippen LogP contribution is -2.39. The van der Waals surface area contributed by atoms with Crippen molar-refractivity contribution in [2.45, 2.75) is 25.9 Å². The van der Waals surface area contributed by atoms with Crippen LogP contribution in [0, 0.1) is 12.8 Å². The van der Waals surface area contributed by atoms with Gasteiger partial charge in [-0.15, -0.1) is 0 Å². The molecule has 104 valence electrons. The summed E-state index contributed by atoms with van der Waals surface area (Å²) in [6.45, 7) is 2.56. The van der Waals surface area contributed by atoms with Gasteiger partial charge in [-0.1, -0.05) is 11.6 Å². The number of carbonyl (C=O) groups is 1. The molecule has 1 aromatic carbocycles. The number of aryl methyl sites for hydroxylation is 1. The van der Waals surface area contributed by atoms with Crippen molar-refractivity contribution in [3.05, 3.63) is 29.3 Å². The van der Waals surface area contributed by atoms with E-state index < -0.39 is 12.1 Å². The summed E-state index contributed by atoms with van der Waals surface area (Å²) in [5.41, 5.74) is 2.25. The van der Waals surface area contributed by atoms with Gasteiger partial charge in [0.2, 0.25) is 0 Å². The van der Waals surface area contributed by atoms with Gasteiger partial charge in [0.25, 0.3) is 0 Å². The van der Waals surface area contributed by atoms with Crippen molar-refractivity contribution in [2.24, 2.45) is 5.92 Å². The molecule has 1 heterocycles. The molecule has 0 aliphatic carbocycles. The lowest BCUT2D eigenvalue weighted by atomic mass is 9.95. The van der Waals surface area contributed by atoms with Gasteiger partial charge in [0.05, 0.1) is 5.92 Å². The zero-order valence-corrected chi connectivity index (χ0v) is 10.7. The van der Waals surface area contributed by atoms with Gasteiger partial charge >= 0.3 is 6.18 Å². The fraction of sp³-hybridized carbons (Fsp3) is 0.500. The highest BCUT2D eigenvalue weighted by atomic mass is 19.4. The fourth-order valence-corrected chi connectivity index (χ4v) is 2.50. The molecule has 0 radical (unpaired) electrons. The van der Waals surface area contributed by atoms with Crippen molar-refractivity contribution in [2.75, 3.05) is 18.0 Å². The Hall–Kier alpha value is -1.52. The number of hydrogen-bond acceptors (Lipinski definition) is 2. The third-order valence-corrected chi connectivity index (χ3v) is 3.61. The predicted octanol–water partition coefficient (Wildman–Crippen LogP) is 3.59. The second kappa shape index (κ2) is 5.23. The van der Waals surface area contributed by atoms with Crippen LogP contribution in [0.25, 0.3) is 0 Å². The van der Waals surface area contributed by atoms with Crippen molar-refractivity contribution >= 4 is 12.0 Å². The van der Waals surface area contributed by atoms with Crippen molar-refractivity contribution in [3.63, 3.8) is 0 Å². The second-order valence-electron chi connectivity index (χ2n) is 4.98. The van der Waals surface area contributed by atoms with E-state index in [-0.39, 0.29) is 12.8 Å². The van der Waals surface area contributed by atoms with Crippen LogP contribution in [-0.4, -0.2) is 25.6 Å². The minimum Gasteiger partial charge on any atom is -0.371 e. The molecule has 0 unspecified atom stereocenters. The molecule has 0 bridgehead atoms. The number of benzene rings is 1. The lowest BCUT2D eigenvalue weighted by Gasteiger charge is -2.35. The van der Waals surface area contributed by atoms with Crippen LogP contribution in [0.2, 0.25) is 0 Å². The minimum atomic E-state index is -4.10. The van der Waals surface area contributed by atoms with Gasteiger partial charge in [-0.2, -0.15) is 13.2 Å². The Morgan fingerprint density at radius 2 is 1.89 bits per heavy atom. The third-order valence-electron chi connectivity index (χ3n) is 3.61. The number of piperidine rings is 1. The van der Waals surface area contributed by atoms with E-state index in [0.29, 0.717) is 18.7 Å². The van der Waals surface area contributed by atoms with Crippen LogP contribution in [-0.2, 0) is 0 Å². The number of halogens is 3. The summed E-state index contributed by atoms with van der Waals surface area (Å²) in [7, 11) is 0. The molecule has 1 aliphatic heterocycles. The van der Waals surface area contributed by atoms with Gasteiger partial charge in [-0.05, 0) is 31.9 Å². The number of hydrogen-bond donors (Lipinski definition) is 0. The van der Waals surface area contributed by atoms with Gasteiger partial charge in [-0.25, -0.2) is 0 Å². The zero-order valence-electron chi connectivity index (χ0n) is 10.7. The Labute approximate surface area is 110 Å². The van der Waals surface area contributed by atoms with Crippen LogP contribution >= 0.6 is 0 Å². The van der Waals surface area contributed by atoms with Crippen LogP contribution < -0.4 is 4.90 Å². The summed E-state index contributed by atoms with van der Waals surface area (Å²) in [5.74, 6) is -1.21. The topological polar surface area (TPSA) is 20.3 Å². The first-order valence-electron chi connectivity index (χ1n) is 6.29. The van der Waals surface area contributed by atoms with Gasteiger partial charge in [0.15, 0.2) is 6.29 Å². The molecule has 0 saturated carbocycles. The fourth-order valence-electron chi connectivity index (χ4n) is 2.50. The Balaban J connectivity index is 2.12. The zero-order chi connectivity index (χ0) is 14.0. The van der Waals surface area contributed by atoms with Crippen molar-refractivity contribution in [1.29, 1.82) is 0 Å². The number of rotatable bonds is 2. The average Bonchev–Trinajstić information content (AvgIpc) is 2.37. The Morgan fingerprint density at radius 3 is 2.42 bits per heavy atom. The second-order valence-corrected chi connectivity index (χ2v) is 4.98. The van der Waals surface area contributed by atoms with Crippen LogP contribution in [0.4, 0.5) is 18.9 Å². The normalized spacial score (nSPS) is 17.6. The number of aldehydes is 1. The Bertz CT molecular complexity index is 462. The molecule has 2 rings (SSSR count). The van der Waals surface area contributed by atoms with Gasteiger partial charge < -0.3 is 4.90 Å². The van der Waals surface area contributed by atoms with Crippen LogP contribution in [0.3, 0.4) is 0 Å². The molecule has 2 nitrogen and oxygen atoms in total. The van der Waals surface area contributed by atoms with E-state index in [0.717, 1.165) is 17.5 Å². The summed E-state index contributed by atoms with van der Waals surface area (Å²) in [4.78, 5) is 12.9. The van der Waals surface area contributed by atoms with E-state index in [1.807, 2.05) is 24.0 Å². The molecule has 1 saturated heterocycles. The first kappa shape index (κ1) is 13.9. The maximum atomic E-state index is 12.6. The van der Waals surface area contributed by atoms with Crippen molar-refractivity contribution in [3.8, 4) is 0 Å². The maximum absolute atomic E-state index is 12.6. The summed E-state index contributed by atoms with van der Waals surface area (Å²) in [5, 5.41) is 0. The first-order chi connectivity index (χ1) is 8.91. The lowest BCUT2D eigenvalue weighted by molar-refractivity contribution is -0.179. The monoisotopic (exact) mass is 271 g/mol. The summed E-state index contributed by atoms with van der Waals surface area (Å²) in [6, 6.07) is 5.45. The smallest absolute Gasteiger partial charge is 0.371 e. The number of anilines is 1. The number of nitrogens with zero attached hydrogens (tertiary/aromatic N) is 1. The maximum Gasteiger partial charge on any atom is 0.391 e. The molecule has 1 aliphatic rings. The molecule has 19 heavy (non-hydrogen) atoms. The van der Waals surface area contributed by atoms with E-state index in [1.54, 1.807) is 6.07 Å². The SMILES string of the molecule is Cc1ccc(N2CCC(C(F)(F)F)CC2)c(C=O)c1. The quantitative estimate of drug-likeness (QED) is 0.766.